The van der Waals surface area contributed by atoms with Gasteiger partial charge in [0.25, 0.3) is 6.71 Å². The van der Waals surface area contributed by atoms with Crippen molar-refractivity contribution in [1.29, 1.82) is 0 Å². The molecule has 13 rings (SSSR count). The second kappa shape index (κ2) is 15.1. The Morgan fingerprint density at radius 2 is 0.723 bits per heavy atom. The maximum Gasteiger partial charge on any atom is 0.262 e. The van der Waals surface area contributed by atoms with Crippen LogP contribution in [0.3, 0.4) is 0 Å². The van der Waals surface area contributed by atoms with Gasteiger partial charge >= 0.3 is 0 Å². The van der Waals surface area contributed by atoms with Crippen LogP contribution in [0.1, 0.15) is 0 Å². The fourth-order valence-electron chi connectivity index (χ4n) is 10.3. The average molecular weight is 831 g/mol. The maximum absolute atomic E-state index is 7.12. The van der Waals surface area contributed by atoms with Crippen LogP contribution in [-0.2, 0) is 0 Å². The van der Waals surface area contributed by atoms with Crippen molar-refractivity contribution in [3.8, 4) is 34.1 Å². The van der Waals surface area contributed by atoms with Gasteiger partial charge in [-0.2, -0.15) is 0 Å². The molecular weight excluding hydrogens is 791 g/mol. The summed E-state index contributed by atoms with van der Waals surface area (Å²) < 4.78 is 14.2. The molecule has 304 valence electrons. The van der Waals surface area contributed by atoms with Crippen molar-refractivity contribution in [3.63, 3.8) is 0 Å². The standard InChI is InChI=1S/C60H39BN2O2/c1-4-19-40(20-5-1)42-23-16-28-45(37-42)62(43-24-6-2-7-25-43)52-38-56-58(49-32-14-12-30-47(49)52)61-59-50-33-15-13-31-48(50)53(39-57(59)65-55-36-18-35-54(64-56)60(55)61)63(44-26-8-3-9-27-44)51-34-17-22-41-21-10-11-29-46(41)51/h1-39H. The molecule has 0 unspecified atom stereocenters. The third kappa shape index (κ3) is 6.01. The first-order valence-electron chi connectivity index (χ1n) is 22.2. The Hall–Kier alpha value is -8.54. The van der Waals surface area contributed by atoms with Gasteiger partial charge in [-0.25, -0.2) is 0 Å². The lowest BCUT2D eigenvalue weighted by molar-refractivity contribution is 0.465. The average Bonchev–Trinajstić information content (AvgIpc) is 3.37. The van der Waals surface area contributed by atoms with Gasteiger partial charge in [0.2, 0.25) is 0 Å². The van der Waals surface area contributed by atoms with Gasteiger partial charge in [0, 0.05) is 50.8 Å². The van der Waals surface area contributed by atoms with E-state index < -0.39 is 0 Å². The summed E-state index contributed by atoms with van der Waals surface area (Å²) in [6, 6.07) is 84.3. The van der Waals surface area contributed by atoms with Gasteiger partial charge in [-0.1, -0.05) is 170 Å². The van der Waals surface area contributed by atoms with Crippen molar-refractivity contribution >= 4 is 89.5 Å². The Bertz CT molecular complexity index is 3630. The SMILES string of the molecule is c1ccc(-c2cccc(N(c3ccccc3)c3cc4c(c5ccccc35)B3c5c(cccc5Oc5cc(N(c6ccccc6)c6cccc7ccccc67)c6ccccc6c53)O4)c2)cc1. The van der Waals surface area contributed by atoms with E-state index in [2.05, 4.69) is 240 Å². The molecule has 4 nitrogen and oxygen atoms in total. The molecule has 2 aliphatic heterocycles. The first-order chi connectivity index (χ1) is 32.3. The van der Waals surface area contributed by atoms with Gasteiger partial charge in [0.05, 0.1) is 17.1 Å². The van der Waals surface area contributed by atoms with Crippen LogP contribution >= 0.6 is 0 Å². The number of benzene rings is 11. The summed E-state index contributed by atoms with van der Waals surface area (Å²) in [5.74, 6) is 3.27. The summed E-state index contributed by atoms with van der Waals surface area (Å²) in [5, 5.41) is 6.89. The molecule has 65 heavy (non-hydrogen) atoms. The van der Waals surface area contributed by atoms with E-state index in [9.17, 15) is 0 Å². The molecule has 0 bridgehead atoms. The lowest BCUT2D eigenvalue weighted by Crippen LogP contribution is -2.58. The molecule has 2 aliphatic rings. The van der Waals surface area contributed by atoms with E-state index in [0.29, 0.717) is 0 Å². The van der Waals surface area contributed by atoms with E-state index in [0.717, 1.165) is 101 Å². The highest BCUT2D eigenvalue weighted by atomic mass is 16.5. The van der Waals surface area contributed by atoms with Crippen LogP contribution in [0, 0.1) is 0 Å². The molecule has 0 fully saturated rings. The Balaban J connectivity index is 1.06. The smallest absolute Gasteiger partial charge is 0.262 e. The molecule has 0 saturated carbocycles. The highest BCUT2D eigenvalue weighted by Crippen LogP contribution is 2.48. The minimum Gasteiger partial charge on any atom is -0.458 e. The number of hydrogen-bond donors (Lipinski definition) is 0. The van der Waals surface area contributed by atoms with E-state index in [1.54, 1.807) is 0 Å². The summed E-state index contributed by atoms with van der Waals surface area (Å²) in [5.41, 5.74) is 12.0. The van der Waals surface area contributed by atoms with Crippen molar-refractivity contribution < 1.29 is 9.47 Å². The van der Waals surface area contributed by atoms with Crippen LogP contribution in [0.5, 0.6) is 23.0 Å². The van der Waals surface area contributed by atoms with Crippen molar-refractivity contribution in [2.24, 2.45) is 0 Å². The van der Waals surface area contributed by atoms with Gasteiger partial charge in [-0.05, 0) is 92.8 Å². The second-order valence-corrected chi connectivity index (χ2v) is 16.8. The van der Waals surface area contributed by atoms with Gasteiger partial charge in [0.1, 0.15) is 23.0 Å². The molecule has 11 aromatic carbocycles. The summed E-state index contributed by atoms with van der Waals surface area (Å²) in [4.78, 5) is 4.76. The fraction of sp³-hybridized carbons (Fsp3) is 0. The molecule has 0 saturated heterocycles. The minimum absolute atomic E-state index is 0.180. The monoisotopic (exact) mass is 830 g/mol. The highest BCUT2D eigenvalue weighted by molar-refractivity contribution is 7.01. The largest absolute Gasteiger partial charge is 0.458 e. The molecule has 0 atom stereocenters. The predicted octanol–water partition coefficient (Wildman–Crippen LogP) is 14.5. The van der Waals surface area contributed by atoms with Crippen LogP contribution in [0.4, 0.5) is 34.1 Å². The quantitative estimate of drug-likeness (QED) is 0.149. The Morgan fingerprint density at radius 1 is 0.277 bits per heavy atom. The van der Waals surface area contributed by atoms with Gasteiger partial charge in [0.15, 0.2) is 0 Å². The molecule has 0 aromatic heterocycles. The highest BCUT2D eigenvalue weighted by Gasteiger charge is 2.43. The fourth-order valence-corrected chi connectivity index (χ4v) is 10.3. The van der Waals surface area contributed by atoms with E-state index in [-0.39, 0.29) is 6.71 Å². The Labute approximate surface area is 377 Å². The third-order valence-electron chi connectivity index (χ3n) is 13.1. The number of fused-ring (bicyclic) bond motifs is 9. The van der Waals surface area contributed by atoms with Crippen molar-refractivity contribution in [2.45, 2.75) is 0 Å². The number of ether oxygens (including phenoxy) is 2. The molecule has 5 heteroatoms. The van der Waals surface area contributed by atoms with Crippen LogP contribution in [0.2, 0.25) is 0 Å². The van der Waals surface area contributed by atoms with Crippen LogP contribution in [-0.4, -0.2) is 6.71 Å². The molecule has 0 spiro atoms. The third-order valence-corrected chi connectivity index (χ3v) is 13.1. The topological polar surface area (TPSA) is 24.9 Å². The number of hydrogen-bond acceptors (Lipinski definition) is 4. The minimum atomic E-state index is -0.180. The van der Waals surface area contributed by atoms with Gasteiger partial charge in [-0.3, -0.25) is 0 Å². The molecule has 0 N–H and O–H groups in total. The lowest BCUT2D eigenvalue weighted by atomic mass is 9.33. The summed E-state index contributed by atoms with van der Waals surface area (Å²) in [7, 11) is 0. The molecular formula is C60H39BN2O2. The zero-order valence-corrected chi connectivity index (χ0v) is 35.3. The van der Waals surface area contributed by atoms with E-state index in [1.165, 1.54) is 16.3 Å². The van der Waals surface area contributed by atoms with Crippen LogP contribution < -0.4 is 35.7 Å². The summed E-state index contributed by atoms with van der Waals surface area (Å²) in [6.45, 7) is -0.180. The molecule has 0 radical (unpaired) electrons. The first-order valence-corrected chi connectivity index (χ1v) is 22.2. The number of nitrogens with zero attached hydrogens (tertiary/aromatic N) is 2. The predicted molar refractivity (Wildman–Crippen MR) is 271 cm³/mol. The van der Waals surface area contributed by atoms with E-state index >= 15 is 0 Å². The molecule has 0 aliphatic carbocycles. The first kappa shape index (κ1) is 37.1. The van der Waals surface area contributed by atoms with E-state index in [1.807, 2.05) is 6.07 Å². The zero-order chi connectivity index (χ0) is 42.8. The van der Waals surface area contributed by atoms with Crippen LogP contribution in [0.25, 0.3) is 43.4 Å². The molecule has 2 heterocycles. The summed E-state index contributed by atoms with van der Waals surface area (Å²) >= 11 is 0. The molecule has 0 amide bonds. The zero-order valence-electron chi connectivity index (χ0n) is 35.3. The Kier molecular flexibility index (Phi) is 8.60. The van der Waals surface area contributed by atoms with Gasteiger partial charge < -0.3 is 19.3 Å². The maximum atomic E-state index is 7.12. The van der Waals surface area contributed by atoms with Crippen LogP contribution in [0.15, 0.2) is 237 Å². The van der Waals surface area contributed by atoms with Gasteiger partial charge in [-0.15, -0.1) is 0 Å². The summed E-state index contributed by atoms with van der Waals surface area (Å²) in [6.07, 6.45) is 0. The van der Waals surface area contributed by atoms with E-state index in [4.69, 9.17) is 9.47 Å². The Morgan fingerprint density at radius 3 is 1.35 bits per heavy atom. The normalized spacial score (nSPS) is 12.2. The van der Waals surface area contributed by atoms with Crippen molar-refractivity contribution in [1.82, 2.24) is 0 Å². The second-order valence-electron chi connectivity index (χ2n) is 16.8. The number of anilines is 6. The number of para-hydroxylation sites is 2. The van der Waals surface area contributed by atoms with Crippen molar-refractivity contribution in [2.75, 3.05) is 9.80 Å². The number of rotatable bonds is 7. The molecule has 11 aromatic rings. The van der Waals surface area contributed by atoms with Crippen molar-refractivity contribution in [3.05, 3.63) is 237 Å². The lowest BCUT2D eigenvalue weighted by Gasteiger charge is -2.37.